The highest BCUT2D eigenvalue weighted by Gasteiger charge is 2.26. The third-order valence-corrected chi connectivity index (χ3v) is 1.91. The summed E-state index contributed by atoms with van der Waals surface area (Å²) < 4.78 is 0. The van der Waals surface area contributed by atoms with Crippen molar-refractivity contribution in [2.75, 3.05) is 0 Å². The normalized spacial score (nSPS) is 28.0. The van der Waals surface area contributed by atoms with Crippen molar-refractivity contribution in [3.05, 3.63) is 33.9 Å². The van der Waals surface area contributed by atoms with Crippen LogP contribution in [0.4, 0.5) is 0 Å². The molecule has 0 saturated heterocycles. The first kappa shape index (κ1) is 8.77. The van der Waals surface area contributed by atoms with Gasteiger partial charge in [-0.2, -0.15) is 0 Å². The summed E-state index contributed by atoms with van der Waals surface area (Å²) in [5.74, 6) is 0. The van der Waals surface area contributed by atoms with Gasteiger partial charge in [0.2, 0.25) is 0 Å². The SMILES string of the molecule is CC1=CCC(C)(N[N+](=O)[O-])C=C1. The smallest absolute Gasteiger partial charge is 0.158 e. The van der Waals surface area contributed by atoms with Crippen LogP contribution >= 0.6 is 0 Å². The van der Waals surface area contributed by atoms with Gasteiger partial charge in [-0.15, -0.1) is 5.43 Å². The van der Waals surface area contributed by atoms with Crippen molar-refractivity contribution < 1.29 is 5.03 Å². The van der Waals surface area contributed by atoms with Crippen LogP contribution in [0.25, 0.3) is 0 Å². The lowest BCUT2D eigenvalue weighted by Crippen LogP contribution is -2.44. The van der Waals surface area contributed by atoms with Gasteiger partial charge in [0.05, 0.1) is 0 Å². The highest BCUT2D eigenvalue weighted by atomic mass is 16.7. The molecule has 1 atom stereocenters. The van der Waals surface area contributed by atoms with Gasteiger partial charge in [0, 0.05) is 0 Å². The summed E-state index contributed by atoms with van der Waals surface area (Å²) in [4.78, 5) is 10.2. The molecule has 0 heterocycles. The Bertz CT molecular complexity index is 258. The summed E-state index contributed by atoms with van der Waals surface area (Å²) in [6.07, 6.45) is 6.36. The summed E-state index contributed by atoms with van der Waals surface area (Å²) >= 11 is 0. The summed E-state index contributed by atoms with van der Waals surface area (Å²) in [6.45, 7) is 3.78. The minimum absolute atomic E-state index is 0.501. The maximum atomic E-state index is 10.2. The van der Waals surface area contributed by atoms with Gasteiger partial charge in [-0.05, 0) is 20.3 Å². The third kappa shape index (κ3) is 2.08. The number of nitrogens with one attached hydrogen (secondary N) is 1. The first-order valence-electron chi connectivity index (χ1n) is 3.80. The van der Waals surface area contributed by atoms with Gasteiger partial charge in [0.15, 0.2) is 5.03 Å². The van der Waals surface area contributed by atoms with E-state index in [2.05, 4.69) is 5.43 Å². The maximum Gasteiger partial charge on any atom is 0.158 e. The highest BCUT2D eigenvalue weighted by molar-refractivity contribution is 5.26. The van der Waals surface area contributed by atoms with Crippen LogP contribution in [-0.2, 0) is 0 Å². The summed E-state index contributed by atoms with van der Waals surface area (Å²) in [5.41, 5.74) is 2.90. The molecule has 4 heteroatoms. The second-order valence-corrected chi connectivity index (χ2v) is 3.27. The predicted molar refractivity (Wildman–Crippen MR) is 46.0 cm³/mol. The van der Waals surface area contributed by atoms with Crippen molar-refractivity contribution in [3.8, 4) is 0 Å². The molecule has 0 aromatic carbocycles. The minimum Gasteiger partial charge on any atom is -0.235 e. The molecular weight excluding hydrogens is 156 g/mol. The summed E-state index contributed by atoms with van der Waals surface area (Å²) in [5, 5.41) is 9.69. The second-order valence-electron chi connectivity index (χ2n) is 3.27. The Hall–Kier alpha value is -1.32. The Labute approximate surface area is 71.1 Å². The largest absolute Gasteiger partial charge is 0.235 e. The fourth-order valence-corrected chi connectivity index (χ4v) is 1.12. The monoisotopic (exact) mass is 168 g/mol. The number of nitrogens with zero attached hydrogens (tertiary/aromatic N) is 1. The maximum absolute atomic E-state index is 10.2. The van der Waals surface area contributed by atoms with E-state index in [1.165, 1.54) is 0 Å². The topological polar surface area (TPSA) is 55.2 Å². The van der Waals surface area contributed by atoms with E-state index < -0.39 is 10.6 Å². The Kier molecular flexibility index (Phi) is 2.17. The first-order valence-corrected chi connectivity index (χ1v) is 3.80. The molecule has 0 spiro atoms. The molecule has 1 aliphatic rings. The van der Waals surface area contributed by atoms with E-state index in [-0.39, 0.29) is 0 Å². The Balaban J connectivity index is 2.65. The summed E-state index contributed by atoms with van der Waals surface area (Å²) in [6, 6.07) is 0. The van der Waals surface area contributed by atoms with Crippen molar-refractivity contribution in [1.29, 1.82) is 0 Å². The number of hydrogen-bond donors (Lipinski definition) is 1. The van der Waals surface area contributed by atoms with Gasteiger partial charge < -0.3 is 0 Å². The Morgan fingerprint density at radius 1 is 1.75 bits per heavy atom. The molecule has 0 fully saturated rings. The molecule has 0 saturated carbocycles. The zero-order valence-corrected chi connectivity index (χ0v) is 7.20. The second kappa shape index (κ2) is 2.97. The number of hydrazine groups is 1. The standard InChI is InChI=1S/C8H12N2O2/c1-7-3-5-8(2,6-4-7)9-10(11)12/h3-5,9H,6H2,1-2H3. The molecule has 4 nitrogen and oxygen atoms in total. The molecule has 12 heavy (non-hydrogen) atoms. The lowest BCUT2D eigenvalue weighted by molar-refractivity contribution is -0.556. The first-order chi connectivity index (χ1) is 5.52. The van der Waals surface area contributed by atoms with E-state index in [0.29, 0.717) is 6.42 Å². The van der Waals surface area contributed by atoms with Crippen molar-refractivity contribution in [2.45, 2.75) is 25.8 Å². The van der Waals surface area contributed by atoms with Crippen molar-refractivity contribution in [3.63, 3.8) is 0 Å². The van der Waals surface area contributed by atoms with E-state index in [1.54, 1.807) is 6.92 Å². The molecule has 0 aromatic rings. The van der Waals surface area contributed by atoms with Gasteiger partial charge in [0.1, 0.15) is 5.54 Å². The zero-order valence-electron chi connectivity index (χ0n) is 7.20. The van der Waals surface area contributed by atoms with E-state index in [4.69, 9.17) is 0 Å². The molecule has 1 aliphatic carbocycles. The fraction of sp³-hybridized carbons (Fsp3) is 0.500. The van der Waals surface area contributed by atoms with E-state index in [1.807, 2.05) is 25.2 Å². The van der Waals surface area contributed by atoms with Crippen LogP contribution in [0, 0.1) is 10.1 Å². The molecule has 1 N–H and O–H groups in total. The van der Waals surface area contributed by atoms with Gasteiger partial charge >= 0.3 is 0 Å². The number of hydrogen-bond acceptors (Lipinski definition) is 2. The van der Waals surface area contributed by atoms with E-state index >= 15 is 0 Å². The highest BCUT2D eigenvalue weighted by Crippen LogP contribution is 2.19. The molecule has 1 unspecified atom stereocenters. The van der Waals surface area contributed by atoms with Crippen molar-refractivity contribution >= 4 is 0 Å². The Morgan fingerprint density at radius 2 is 2.42 bits per heavy atom. The minimum atomic E-state index is -0.525. The fourth-order valence-electron chi connectivity index (χ4n) is 1.12. The van der Waals surface area contributed by atoms with Crippen LogP contribution < -0.4 is 5.43 Å². The lowest BCUT2D eigenvalue weighted by atomic mass is 9.92. The Morgan fingerprint density at radius 3 is 2.83 bits per heavy atom. The average Bonchev–Trinajstić information content (AvgIpc) is 1.94. The third-order valence-electron chi connectivity index (χ3n) is 1.91. The molecule has 0 bridgehead atoms. The van der Waals surface area contributed by atoms with Crippen LogP contribution in [0.15, 0.2) is 23.8 Å². The van der Waals surface area contributed by atoms with Crippen LogP contribution in [0.1, 0.15) is 20.3 Å². The molecule has 0 amide bonds. The van der Waals surface area contributed by atoms with E-state index in [9.17, 15) is 10.1 Å². The van der Waals surface area contributed by atoms with Crippen molar-refractivity contribution in [2.24, 2.45) is 0 Å². The molecule has 0 radical (unpaired) electrons. The van der Waals surface area contributed by atoms with Gasteiger partial charge in [-0.25, -0.2) is 10.1 Å². The molecule has 1 rings (SSSR count). The average molecular weight is 168 g/mol. The van der Waals surface area contributed by atoms with Crippen LogP contribution in [0.2, 0.25) is 0 Å². The number of allylic oxidation sites excluding steroid dienone is 2. The lowest BCUT2D eigenvalue weighted by Gasteiger charge is -2.23. The quantitative estimate of drug-likeness (QED) is 0.501. The van der Waals surface area contributed by atoms with Crippen LogP contribution in [0.5, 0.6) is 0 Å². The molecule has 0 aliphatic heterocycles. The van der Waals surface area contributed by atoms with Gasteiger partial charge in [-0.3, -0.25) is 0 Å². The van der Waals surface area contributed by atoms with Gasteiger partial charge in [0.25, 0.3) is 0 Å². The molecular formula is C8H12N2O2. The van der Waals surface area contributed by atoms with E-state index in [0.717, 1.165) is 5.57 Å². The number of rotatable bonds is 2. The van der Waals surface area contributed by atoms with Crippen molar-refractivity contribution in [1.82, 2.24) is 5.43 Å². The van der Waals surface area contributed by atoms with Crippen LogP contribution in [0.3, 0.4) is 0 Å². The van der Waals surface area contributed by atoms with Gasteiger partial charge in [-0.1, -0.05) is 23.8 Å². The number of nitro groups is 1. The molecule has 66 valence electrons. The zero-order chi connectivity index (χ0) is 9.19. The van der Waals surface area contributed by atoms with Crippen LogP contribution in [-0.4, -0.2) is 10.6 Å². The summed E-state index contributed by atoms with van der Waals surface area (Å²) in [7, 11) is 0. The molecule has 0 aromatic heterocycles. The predicted octanol–water partition coefficient (Wildman–Crippen LogP) is 1.43.